The zero-order valence-corrected chi connectivity index (χ0v) is 19.1. The highest BCUT2D eigenvalue weighted by atomic mass is 16.5. The number of carbonyl (C=O) groups is 4. The first-order valence-electron chi connectivity index (χ1n) is 11.1. The molecule has 2 aromatic carbocycles. The number of nitrogens with two attached hydrogens (primary N) is 1. The molecular formula is C25H29N3O6. The van der Waals surface area contributed by atoms with Crippen LogP contribution in [0.2, 0.25) is 0 Å². The van der Waals surface area contributed by atoms with Crippen molar-refractivity contribution in [3.05, 3.63) is 59.7 Å². The van der Waals surface area contributed by atoms with Crippen LogP contribution in [0.3, 0.4) is 0 Å². The molecule has 0 fully saturated rings. The summed E-state index contributed by atoms with van der Waals surface area (Å²) in [6, 6.07) is 13.6. The fourth-order valence-electron chi connectivity index (χ4n) is 4.11. The highest BCUT2D eigenvalue weighted by molar-refractivity contribution is 5.89. The van der Waals surface area contributed by atoms with Crippen LogP contribution in [0.15, 0.2) is 48.5 Å². The number of primary amides is 1. The number of alkyl carbamates (subject to hydrolysis) is 1. The first-order valence-corrected chi connectivity index (χ1v) is 11.1. The quantitative estimate of drug-likeness (QED) is 0.422. The minimum absolute atomic E-state index is 0.0860. The lowest BCUT2D eigenvalue weighted by molar-refractivity contribution is -0.142. The van der Waals surface area contributed by atoms with E-state index >= 15 is 0 Å². The summed E-state index contributed by atoms with van der Waals surface area (Å²) in [5, 5.41) is 14.2. The minimum atomic E-state index is -1.30. The average Bonchev–Trinajstić information content (AvgIpc) is 3.12. The van der Waals surface area contributed by atoms with Crippen molar-refractivity contribution in [3.63, 3.8) is 0 Å². The fourth-order valence-corrected chi connectivity index (χ4v) is 4.11. The van der Waals surface area contributed by atoms with Crippen LogP contribution in [-0.2, 0) is 19.1 Å². The van der Waals surface area contributed by atoms with E-state index < -0.39 is 36.0 Å². The Morgan fingerprint density at radius 2 is 1.53 bits per heavy atom. The number of fused-ring (bicyclic) bond motifs is 3. The summed E-state index contributed by atoms with van der Waals surface area (Å²) < 4.78 is 5.49. The van der Waals surface area contributed by atoms with E-state index in [0.717, 1.165) is 22.3 Å². The second-order valence-corrected chi connectivity index (χ2v) is 8.60. The number of carboxylic acid groups (broad SMARTS) is 1. The van der Waals surface area contributed by atoms with Crippen LogP contribution in [0.1, 0.15) is 43.7 Å². The largest absolute Gasteiger partial charge is 0.480 e. The van der Waals surface area contributed by atoms with E-state index in [0.29, 0.717) is 0 Å². The lowest BCUT2D eigenvalue weighted by Crippen LogP contribution is -2.54. The monoisotopic (exact) mass is 467 g/mol. The standard InChI is InChI=1S/C25H29N3O6/c1-14(2)22(23(30)27-20(24(31)32)11-12-21(26)29)28-25(33)34-13-19-17-9-5-3-7-15(17)16-8-4-6-10-18(16)19/h3-10,14,19-20,22H,11-13H2,1-2H3,(H2,26,29)(H,27,30)(H,28,33)(H,31,32)/t20-,22-/m0/s1. The van der Waals surface area contributed by atoms with Gasteiger partial charge in [-0.05, 0) is 34.6 Å². The Balaban J connectivity index is 1.64. The number of amides is 3. The SMILES string of the molecule is CC(C)[C@H](NC(=O)OCC1c2ccccc2-c2ccccc21)C(=O)N[C@@H](CCC(N)=O)C(=O)O. The number of nitrogens with one attached hydrogen (secondary N) is 2. The van der Waals surface area contributed by atoms with E-state index in [1.807, 2.05) is 48.5 Å². The molecule has 0 saturated carbocycles. The number of ether oxygens (including phenoxy) is 1. The van der Waals surface area contributed by atoms with Crippen molar-refractivity contribution in [1.29, 1.82) is 0 Å². The minimum Gasteiger partial charge on any atom is -0.480 e. The second kappa shape index (κ2) is 10.8. The molecule has 0 bridgehead atoms. The van der Waals surface area contributed by atoms with E-state index in [9.17, 15) is 24.3 Å². The predicted molar refractivity (Wildman–Crippen MR) is 125 cm³/mol. The summed E-state index contributed by atoms with van der Waals surface area (Å²) in [5.41, 5.74) is 9.40. The number of benzene rings is 2. The van der Waals surface area contributed by atoms with Gasteiger partial charge in [-0.25, -0.2) is 9.59 Å². The first-order chi connectivity index (χ1) is 16.2. The zero-order chi connectivity index (χ0) is 24.8. The van der Waals surface area contributed by atoms with Gasteiger partial charge in [0.2, 0.25) is 11.8 Å². The average molecular weight is 468 g/mol. The molecule has 5 N–H and O–H groups in total. The normalized spacial score (nSPS) is 14.0. The van der Waals surface area contributed by atoms with Crippen LogP contribution >= 0.6 is 0 Å². The van der Waals surface area contributed by atoms with Gasteiger partial charge in [0, 0.05) is 12.3 Å². The number of rotatable bonds is 10. The van der Waals surface area contributed by atoms with Gasteiger partial charge in [-0.2, -0.15) is 0 Å². The van der Waals surface area contributed by atoms with Gasteiger partial charge in [0.05, 0.1) is 0 Å². The van der Waals surface area contributed by atoms with Crippen molar-refractivity contribution in [1.82, 2.24) is 10.6 Å². The maximum Gasteiger partial charge on any atom is 0.407 e. The Kier molecular flexibility index (Phi) is 7.88. The molecule has 0 spiro atoms. The van der Waals surface area contributed by atoms with E-state index in [1.54, 1.807) is 13.8 Å². The molecule has 9 nitrogen and oxygen atoms in total. The molecule has 180 valence electrons. The highest BCUT2D eigenvalue weighted by Crippen LogP contribution is 2.44. The Hall–Kier alpha value is -3.88. The van der Waals surface area contributed by atoms with Gasteiger partial charge in [0.25, 0.3) is 0 Å². The first kappa shape index (κ1) is 24.8. The third kappa shape index (κ3) is 5.72. The summed E-state index contributed by atoms with van der Waals surface area (Å²) in [6.07, 6.45) is -1.12. The Morgan fingerprint density at radius 1 is 0.971 bits per heavy atom. The molecule has 1 aliphatic rings. The molecule has 0 radical (unpaired) electrons. The Bertz CT molecular complexity index is 1040. The number of aliphatic carboxylic acids is 1. The van der Waals surface area contributed by atoms with Crippen LogP contribution < -0.4 is 16.4 Å². The van der Waals surface area contributed by atoms with Gasteiger partial charge in [0.1, 0.15) is 18.7 Å². The van der Waals surface area contributed by atoms with Crippen LogP contribution in [0.5, 0.6) is 0 Å². The van der Waals surface area contributed by atoms with Gasteiger partial charge in [-0.3, -0.25) is 9.59 Å². The number of hydrogen-bond acceptors (Lipinski definition) is 5. The van der Waals surface area contributed by atoms with Crippen LogP contribution in [0.4, 0.5) is 4.79 Å². The number of carbonyl (C=O) groups excluding carboxylic acids is 3. The number of carboxylic acids is 1. The lowest BCUT2D eigenvalue weighted by Gasteiger charge is -2.24. The van der Waals surface area contributed by atoms with Crippen LogP contribution in [0.25, 0.3) is 11.1 Å². The zero-order valence-electron chi connectivity index (χ0n) is 19.1. The third-order valence-corrected chi connectivity index (χ3v) is 5.86. The molecular weight excluding hydrogens is 438 g/mol. The predicted octanol–water partition coefficient (Wildman–Crippen LogP) is 2.38. The smallest absolute Gasteiger partial charge is 0.407 e. The fraction of sp³-hybridized carbons (Fsp3) is 0.360. The highest BCUT2D eigenvalue weighted by Gasteiger charge is 2.31. The summed E-state index contributed by atoms with van der Waals surface area (Å²) in [5.74, 6) is -3.11. The third-order valence-electron chi connectivity index (χ3n) is 5.86. The van der Waals surface area contributed by atoms with Gasteiger partial charge >= 0.3 is 12.1 Å². The van der Waals surface area contributed by atoms with Crippen molar-refractivity contribution >= 4 is 23.9 Å². The van der Waals surface area contributed by atoms with Crippen molar-refractivity contribution in [2.24, 2.45) is 11.7 Å². The molecule has 0 aromatic heterocycles. The maximum absolute atomic E-state index is 12.7. The molecule has 0 heterocycles. The van der Waals surface area contributed by atoms with Gasteiger partial charge < -0.3 is 26.2 Å². The van der Waals surface area contributed by atoms with E-state index in [4.69, 9.17) is 10.5 Å². The molecule has 2 aromatic rings. The topological polar surface area (TPSA) is 148 Å². The lowest BCUT2D eigenvalue weighted by atomic mass is 9.98. The molecule has 1 aliphatic carbocycles. The maximum atomic E-state index is 12.7. The summed E-state index contributed by atoms with van der Waals surface area (Å²) in [4.78, 5) is 47.7. The molecule has 2 atom stereocenters. The van der Waals surface area contributed by atoms with E-state index in [1.165, 1.54) is 0 Å². The molecule has 0 aliphatic heterocycles. The summed E-state index contributed by atoms with van der Waals surface area (Å²) in [7, 11) is 0. The Labute approximate surface area is 197 Å². The molecule has 0 unspecified atom stereocenters. The van der Waals surface area contributed by atoms with Crippen molar-refractivity contribution in [3.8, 4) is 11.1 Å². The van der Waals surface area contributed by atoms with E-state index in [2.05, 4.69) is 10.6 Å². The molecule has 3 rings (SSSR count). The summed E-state index contributed by atoms with van der Waals surface area (Å²) in [6.45, 7) is 3.52. The number of hydrogen-bond donors (Lipinski definition) is 4. The second-order valence-electron chi connectivity index (χ2n) is 8.60. The molecule has 34 heavy (non-hydrogen) atoms. The van der Waals surface area contributed by atoms with Crippen molar-refractivity contribution in [2.75, 3.05) is 6.61 Å². The van der Waals surface area contributed by atoms with Crippen LogP contribution in [-0.4, -0.2) is 47.7 Å². The van der Waals surface area contributed by atoms with Gasteiger partial charge in [-0.1, -0.05) is 62.4 Å². The van der Waals surface area contributed by atoms with Gasteiger partial charge in [-0.15, -0.1) is 0 Å². The van der Waals surface area contributed by atoms with Crippen molar-refractivity contribution in [2.45, 2.75) is 44.7 Å². The summed E-state index contributed by atoms with van der Waals surface area (Å²) >= 11 is 0. The molecule has 3 amide bonds. The van der Waals surface area contributed by atoms with Crippen LogP contribution in [0, 0.1) is 5.92 Å². The van der Waals surface area contributed by atoms with E-state index in [-0.39, 0.29) is 31.3 Å². The van der Waals surface area contributed by atoms with Gasteiger partial charge in [0.15, 0.2) is 0 Å². The van der Waals surface area contributed by atoms with Crippen molar-refractivity contribution < 1.29 is 29.0 Å². The molecule has 9 heteroatoms. The molecule has 0 saturated heterocycles. The Morgan fingerprint density at radius 3 is 2.03 bits per heavy atom.